The van der Waals surface area contributed by atoms with E-state index >= 15 is 0 Å². The summed E-state index contributed by atoms with van der Waals surface area (Å²) in [5, 5.41) is 2.68. The second kappa shape index (κ2) is 9.27. The van der Waals surface area contributed by atoms with Gasteiger partial charge in [-0.25, -0.2) is 9.37 Å². The zero-order valence-electron chi connectivity index (χ0n) is 15.7. The molecular weight excluding hydrogens is 472 g/mol. The van der Waals surface area contributed by atoms with E-state index < -0.39 is 22.3 Å². The molecule has 30 heavy (non-hydrogen) atoms. The predicted octanol–water partition coefficient (Wildman–Crippen LogP) is 3.39. The van der Waals surface area contributed by atoms with Crippen LogP contribution in [-0.4, -0.2) is 48.6 Å². The zero-order chi connectivity index (χ0) is 21.9. The normalized spacial score (nSPS) is 16.3. The van der Waals surface area contributed by atoms with Crippen molar-refractivity contribution in [2.24, 2.45) is 0 Å². The molecule has 1 amide bonds. The minimum absolute atomic E-state index is 0.129. The van der Waals surface area contributed by atoms with Gasteiger partial charge in [-0.1, -0.05) is 12.1 Å². The van der Waals surface area contributed by atoms with Crippen LogP contribution in [0, 0.1) is 5.82 Å². The molecule has 11 heteroatoms. The number of anilines is 1. The summed E-state index contributed by atoms with van der Waals surface area (Å²) < 4.78 is 57.1. The largest absolute Gasteiger partial charge is 0.419 e. The number of nitrogen functional groups attached to an aromatic ring is 1. The molecule has 162 valence electrons. The highest BCUT2D eigenvalue weighted by atomic mass is 79.9. The van der Waals surface area contributed by atoms with Crippen molar-refractivity contribution in [1.29, 1.82) is 0 Å². The van der Waals surface area contributed by atoms with Crippen molar-refractivity contribution in [2.75, 3.05) is 38.6 Å². The van der Waals surface area contributed by atoms with Gasteiger partial charge in [0.25, 0.3) is 5.91 Å². The molecule has 1 aliphatic heterocycles. The van der Waals surface area contributed by atoms with Crippen molar-refractivity contribution < 1.29 is 27.1 Å². The van der Waals surface area contributed by atoms with Crippen LogP contribution in [0.3, 0.4) is 0 Å². The third kappa shape index (κ3) is 5.27. The predicted molar refractivity (Wildman–Crippen MR) is 105 cm³/mol. The molecule has 3 N–H and O–H groups in total. The smallest absolute Gasteiger partial charge is 0.397 e. The Morgan fingerprint density at radius 1 is 1.27 bits per heavy atom. The molecule has 3 rings (SSSR count). The zero-order valence-corrected chi connectivity index (χ0v) is 17.3. The Morgan fingerprint density at radius 3 is 2.50 bits per heavy atom. The quantitative estimate of drug-likeness (QED) is 0.496. The van der Waals surface area contributed by atoms with Gasteiger partial charge >= 0.3 is 6.18 Å². The fraction of sp³-hybridized carbons (Fsp3) is 0.368. The molecule has 1 saturated heterocycles. The molecule has 1 aliphatic rings. The summed E-state index contributed by atoms with van der Waals surface area (Å²) in [6.07, 6.45) is -4.65. The Balaban J connectivity index is 1.79. The highest BCUT2D eigenvalue weighted by Gasteiger charge is 2.35. The summed E-state index contributed by atoms with van der Waals surface area (Å²) in [6.45, 7) is 2.40. The number of aromatic nitrogens is 1. The molecule has 2 heterocycles. The lowest BCUT2D eigenvalue weighted by molar-refractivity contribution is -0.138. The van der Waals surface area contributed by atoms with Crippen molar-refractivity contribution in [3.63, 3.8) is 0 Å². The second-order valence-corrected chi connectivity index (χ2v) is 7.44. The number of hydrogen-bond donors (Lipinski definition) is 2. The van der Waals surface area contributed by atoms with Gasteiger partial charge in [-0.05, 0) is 39.7 Å². The van der Waals surface area contributed by atoms with E-state index in [-0.39, 0.29) is 29.8 Å². The van der Waals surface area contributed by atoms with Gasteiger partial charge in [-0.3, -0.25) is 9.69 Å². The topological polar surface area (TPSA) is 80.5 Å². The van der Waals surface area contributed by atoms with Crippen LogP contribution in [0.2, 0.25) is 0 Å². The highest BCUT2D eigenvalue weighted by Crippen LogP contribution is 2.35. The number of hydrogen-bond acceptors (Lipinski definition) is 5. The monoisotopic (exact) mass is 490 g/mol. The van der Waals surface area contributed by atoms with Crippen LogP contribution >= 0.6 is 15.9 Å². The van der Waals surface area contributed by atoms with E-state index in [0.29, 0.717) is 32.4 Å². The first kappa shape index (κ1) is 22.4. The average molecular weight is 491 g/mol. The maximum absolute atomic E-state index is 13.3. The molecule has 6 nitrogen and oxygen atoms in total. The molecule has 1 unspecified atom stereocenters. The Hall–Kier alpha value is -2.24. The van der Waals surface area contributed by atoms with Crippen molar-refractivity contribution in [3.05, 3.63) is 57.6 Å². The molecule has 0 spiro atoms. The number of benzene rings is 1. The Morgan fingerprint density at radius 2 is 1.90 bits per heavy atom. The molecule has 0 bridgehead atoms. The number of alkyl halides is 3. The minimum Gasteiger partial charge on any atom is -0.397 e. The van der Waals surface area contributed by atoms with Crippen molar-refractivity contribution >= 4 is 27.5 Å². The van der Waals surface area contributed by atoms with Crippen molar-refractivity contribution in [3.8, 4) is 0 Å². The lowest BCUT2D eigenvalue weighted by Gasteiger charge is -2.35. The number of nitrogens with two attached hydrogens (primary N) is 1. The average Bonchev–Trinajstić information content (AvgIpc) is 2.70. The van der Waals surface area contributed by atoms with E-state index in [1.54, 1.807) is 12.1 Å². The van der Waals surface area contributed by atoms with Crippen LogP contribution in [0.4, 0.5) is 23.2 Å². The van der Waals surface area contributed by atoms with E-state index in [1.165, 1.54) is 12.1 Å². The third-order valence-electron chi connectivity index (χ3n) is 4.72. The maximum atomic E-state index is 13.3. The number of pyridine rings is 1. The molecule has 0 aliphatic carbocycles. The van der Waals surface area contributed by atoms with E-state index in [4.69, 9.17) is 10.5 Å². The number of carbonyl (C=O) groups is 1. The molecule has 1 aromatic carbocycles. The first-order valence-corrected chi connectivity index (χ1v) is 9.85. The standard InChI is InChI=1S/C19H19BrF4N4O2/c20-17-13(19(22,23)24)9-14(25)16(27-17)18(29)26-10-15(28-5-7-30-8-6-28)11-1-3-12(21)4-2-11/h1-4,9,15H,5-8,10,25H2,(H,26,29). The first-order valence-electron chi connectivity index (χ1n) is 9.05. The summed E-state index contributed by atoms with van der Waals surface area (Å²) >= 11 is 2.75. The van der Waals surface area contributed by atoms with E-state index in [0.717, 1.165) is 5.56 Å². The van der Waals surface area contributed by atoms with Crippen LogP contribution in [-0.2, 0) is 10.9 Å². The number of ether oxygens (including phenoxy) is 1. The number of rotatable bonds is 5. The number of halogens is 5. The minimum atomic E-state index is -4.65. The SMILES string of the molecule is Nc1cc(C(F)(F)F)c(Br)nc1C(=O)NCC(c1ccc(F)cc1)N1CCOCC1. The Bertz CT molecular complexity index is 903. The van der Waals surface area contributed by atoms with Gasteiger partial charge in [0.1, 0.15) is 10.4 Å². The maximum Gasteiger partial charge on any atom is 0.419 e. The number of morpholine rings is 1. The van der Waals surface area contributed by atoms with Gasteiger partial charge in [0.2, 0.25) is 0 Å². The summed E-state index contributed by atoms with van der Waals surface area (Å²) in [5.74, 6) is -1.09. The Kier molecular flexibility index (Phi) is 6.94. The summed E-state index contributed by atoms with van der Waals surface area (Å²) in [4.78, 5) is 18.4. The Labute approximate surface area is 178 Å². The molecule has 1 atom stereocenters. The molecule has 1 aromatic heterocycles. The van der Waals surface area contributed by atoms with Gasteiger partial charge in [0.15, 0.2) is 5.69 Å². The van der Waals surface area contributed by atoms with E-state index in [9.17, 15) is 22.4 Å². The van der Waals surface area contributed by atoms with Crippen molar-refractivity contribution in [1.82, 2.24) is 15.2 Å². The van der Waals surface area contributed by atoms with E-state index in [1.807, 2.05) is 0 Å². The van der Waals surface area contributed by atoms with Crippen LogP contribution in [0.15, 0.2) is 34.9 Å². The molecular formula is C19H19BrF4N4O2. The molecule has 2 aromatic rings. The van der Waals surface area contributed by atoms with Crippen molar-refractivity contribution in [2.45, 2.75) is 12.2 Å². The number of nitrogens with zero attached hydrogens (tertiary/aromatic N) is 2. The summed E-state index contributed by atoms with van der Waals surface area (Å²) in [7, 11) is 0. The third-order valence-corrected chi connectivity index (χ3v) is 5.33. The summed E-state index contributed by atoms with van der Waals surface area (Å²) in [5.41, 5.74) is 4.68. The first-order chi connectivity index (χ1) is 14.2. The van der Waals surface area contributed by atoms with Gasteiger partial charge in [-0.15, -0.1) is 0 Å². The van der Waals surface area contributed by atoms with Crippen LogP contribution in [0.25, 0.3) is 0 Å². The van der Waals surface area contributed by atoms with E-state index in [2.05, 4.69) is 31.1 Å². The van der Waals surface area contributed by atoms with Crippen LogP contribution in [0.1, 0.15) is 27.7 Å². The van der Waals surface area contributed by atoms with Crippen LogP contribution in [0.5, 0.6) is 0 Å². The van der Waals surface area contributed by atoms with Gasteiger partial charge in [0, 0.05) is 19.6 Å². The number of carbonyl (C=O) groups excluding carboxylic acids is 1. The van der Waals surface area contributed by atoms with Gasteiger partial charge in [0.05, 0.1) is 30.5 Å². The summed E-state index contributed by atoms with van der Waals surface area (Å²) in [6, 6.07) is 6.31. The van der Waals surface area contributed by atoms with Gasteiger partial charge in [-0.2, -0.15) is 13.2 Å². The number of nitrogens with one attached hydrogen (secondary N) is 1. The van der Waals surface area contributed by atoms with Gasteiger partial charge < -0.3 is 15.8 Å². The fourth-order valence-electron chi connectivity index (χ4n) is 3.19. The highest BCUT2D eigenvalue weighted by molar-refractivity contribution is 9.10. The second-order valence-electron chi connectivity index (χ2n) is 6.69. The lowest BCUT2D eigenvalue weighted by atomic mass is 10.0. The fourth-order valence-corrected chi connectivity index (χ4v) is 3.71. The molecule has 0 radical (unpaired) electrons. The number of amides is 1. The lowest BCUT2D eigenvalue weighted by Crippen LogP contribution is -2.44. The van der Waals surface area contributed by atoms with Crippen LogP contribution < -0.4 is 11.1 Å². The molecule has 0 saturated carbocycles. The molecule has 1 fully saturated rings.